The minimum atomic E-state index is -0.263. The Morgan fingerprint density at radius 2 is 0.865 bits per heavy atom. The smallest absolute Gasteiger partial charge is 0.164 e. The Kier molecular flexibility index (Phi) is 7.81. The first kappa shape index (κ1) is 31.4. The summed E-state index contributed by atoms with van der Waals surface area (Å²) in [5.74, 6) is 2.69. The van der Waals surface area contributed by atoms with Crippen LogP contribution in [-0.2, 0) is 5.41 Å². The highest BCUT2D eigenvalue weighted by atomic mass is 15.0. The van der Waals surface area contributed by atoms with Crippen LogP contribution in [-0.4, -0.2) is 26.5 Å². The van der Waals surface area contributed by atoms with E-state index in [2.05, 4.69) is 92.7 Å². The van der Waals surface area contributed by atoms with Gasteiger partial charge < -0.3 is 0 Å². The molecule has 0 fully saturated rings. The van der Waals surface area contributed by atoms with Gasteiger partial charge in [0.1, 0.15) is 0 Å². The number of benzene rings is 6. The molecule has 0 saturated carbocycles. The number of rotatable bonds is 6. The standard InChI is InChI=1S/C47H35N5/c1-47(2)39-29-35(42-28-27-41(31-15-7-3-8-16-31)48-43(49-42)32-17-9-4-10-18-32)23-25-37(39)38-26-24-36(30-40(38)47)46-51-44(33-19-11-5-12-20-33)50-45(52-46)34-21-13-6-14-22-34/h3-27,29-30H,28H2,1-2H3. The van der Waals surface area contributed by atoms with Gasteiger partial charge in [0.05, 0.1) is 11.4 Å². The minimum Gasteiger partial charge on any atom is -0.232 e. The lowest BCUT2D eigenvalue weighted by Gasteiger charge is -2.22. The number of fused-ring (bicyclic) bond motifs is 3. The zero-order valence-corrected chi connectivity index (χ0v) is 29.0. The summed E-state index contributed by atoms with van der Waals surface area (Å²) in [6.45, 7) is 4.62. The predicted molar refractivity (Wildman–Crippen MR) is 212 cm³/mol. The van der Waals surface area contributed by atoms with E-state index in [1.54, 1.807) is 0 Å². The molecule has 9 rings (SSSR count). The first-order valence-corrected chi connectivity index (χ1v) is 17.7. The topological polar surface area (TPSA) is 63.4 Å². The molecule has 248 valence electrons. The Morgan fingerprint density at radius 1 is 0.423 bits per heavy atom. The lowest BCUT2D eigenvalue weighted by molar-refractivity contribution is 0.660. The molecule has 5 heteroatoms. The maximum atomic E-state index is 5.23. The van der Waals surface area contributed by atoms with Crippen molar-refractivity contribution < 1.29 is 0 Å². The zero-order valence-electron chi connectivity index (χ0n) is 29.0. The summed E-state index contributed by atoms with van der Waals surface area (Å²) in [5.41, 5.74) is 12.7. The lowest BCUT2D eigenvalue weighted by Crippen LogP contribution is -2.16. The van der Waals surface area contributed by atoms with E-state index in [1.165, 1.54) is 22.3 Å². The molecule has 0 radical (unpaired) electrons. The van der Waals surface area contributed by atoms with Gasteiger partial charge in [-0.25, -0.2) is 24.9 Å². The fraction of sp³-hybridized carbons (Fsp3) is 0.0851. The van der Waals surface area contributed by atoms with E-state index in [1.807, 2.05) is 84.9 Å². The van der Waals surface area contributed by atoms with Crippen LogP contribution in [0.5, 0.6) is 0 Å². The molecule has 0 spiro atoms. The summed E-state index contributed by atoms with van der Waals surface area (Å²) in [6, 6.07) is 54.3. The van der Waals surface area contributed by atoms with E-state index < -0.39 is 0 Å². The van der Waals surface area contributed by atoms with Crippen molar-refractivity contribution >= 4 is 17.2 Å². The molecular formula is C47H35N5. The van der Waals surface area contributed by atoms with Crippen LogP contribution in [0.15, 0.2) is 174 Å². The molecule has 0 amide bonds. The number of allylic oxidation sites excluding steroid dienone is 1. The van der Waals surface area contributed by atoms with Gasteiger partial charge in [0.15, 0.2) is 23.3 Å². The molecular weight excluding hydrogens is 635 g/mol. The number of nitrogens with zero attached hydrogens (tertiary/aromatic N) is 5. The number of hydrogen-bond acceptors (Lipinski definition) is 5. The van der Waals surface area contributed by atoms with Crippen LogP contribution >= 0.6 is 0 Å². The van der Waals surface area contributed by atoms with E-state index in [0.717, 1.165) is 50.6 Å². The SMILES string of the molecule is CC1(C)c2cc(C3=NC(c4ccccc4)=NC(c4ccccc4)=CC3)ccc2-c2ccc(-c3nc(-c4ccccc4)nc(-c4ccccc4)n3)cc21. The average Bonchev–Trinajstić information content (AvgIpc) is 3.32. The minimum absolute atomic E-state index is 0.263. The second-order valence-electron chi connectivity index (χ2n) is 13.7. The molecule has 5 nitrogen and oxygen atoms in total. The fourth-order valence-electron chi connectivity index (χ4n) is 7.24. The van der Waals surface area contributed by atoms with Crippen LogP contribution in [0.25, 0.3) is 51.0 Å². The summed E-state index contributed by atoms with van der Waals surface area (Å²) in [6.07, 6.45) is 2.87. The predicted octanol–water partition coefficient (Wildman–Crippen LogP) is 10.9. The molecule has 52 heavy (non-hydrogen) atoms. The van der Waals surface area contributed by atoms with Crippen LogP contribution in [0.2, 0.25) is 0 Å². The van der Waals surface area contributed by atoms with Crippen molar-refractivity contribution in [2.75, 3.05) is 0 Å². The molecule has 0 saturated heterocycles. The maximum absolute atomic E-state index is 5.23. The largest absolute Gasteiger partial charge is 0.232 e. The van der Waals surface area contributed by atoms with Gasteiger partial charge in [-0.15, -0.1) is 0 Å². The Morgan fingerprint density at radius 3 is 1.40 bits per heavy atom. The van der Waals surface area contributed by atoms with Gasteiger partial charge in [-0.1, -0.05) is 166 Å². The number of aromatic nitrogens is 3. The van der Waals surface area contributed by atoms with Gasteiger partial charge in [0.2, 0.25) is 0 Å². The second kappa shape index (κ2) is 12.9. The van der Waals surface area contributed by atoms with Crippen molar-refractivity contribution in [1.29, 1.82) is 0 Å². The molecule has 0 N–H and O–H groups in total. The van der Waals surface area contributed by atoms with Gasteiger partial charge >= 0.3 is 0 Å². The maximum Gasteiger partial charge on any atom is 0.164 e. The van der Waals surface area contributed by atoms with Crippen molar-refractivity contribution in [3.8, 4) is 45.3 Å². The molecule has 0 unspecified atom stereocenters. The first-order chi connectivity index (χ1) is 25.5. The summed E-state index contributed by atoms with van der Waals surface area (Å²) >= 11 is 0. The van der Waals surface area contributed by atoms with Crippen LogP contribution in [0.1, 0.15) is 48.1 Å². The van der Waals surface area contributed by atoms with Gasteiger partial charge in [-0.05, 0) is 45.5 Å². The molecule has 1 aliphatic heterocycles. The molecule has 0 bridgehead atoms. The van der Waals surface area contributed by atoms with Gasteiger partial charge in [0.25, 0.3) is 0 Å². The van der Waals surface area contributed by atoms with Crippen molar-refractivity contribution in [2.45, 2.75) is 25.7 Å². The molecule has 7 aromatic rings. The summed E-state index contributed by atoms with van der Waals surface area (Å²) in [5, 5.41) is 0. The molecule has 2 aliphatic rings. The van der Waals surface area contributed by atoms with Crippen LogP contribution in [0.3, 0.4) is 0 Å². The van der Waals surface area contributed by atoms with Crippen LogP contribution < -0.4 is 0 Å². The first-order valence-electron chi connectivity index (χ1n) is 17.7. The van der Waals surface area contributed by atoms with Crippen molar-refractivity contribution in [2.24, 2.45) is 9.98 Å². The van der Waals surface area contributed by atoms with Crippen LogP contribution in [0, 0.1) is 0 Å². The second-order valence-corrected chi connectivity index (χ2v) is 13.7. The Hall–Kier alpha value is -6.59. The molecule has 1 aliphatic carbocycles. The fourth-order valence-corrected chi connectivity index (χ4v) is 7.24. The summed E-state index contributed by atoms with van der Waals surface area (Å²) in [4.78, 5) is 25.2. The molecule has 1 aromatic heterocycles. The van der Waals surface area contributed by atoms with Crippen molar-refractivity contribution in [1.82, 2.24) is 15.0 Å². The summed E-state index contributed by atoms with van der Waals surface area (Å²) < 4.78 is 0. The Bertz CT molecular complexity index is 2480. The molecule has 0 atom stereocenters. The number of hydrogen-bond donors (Lipinski definition) is 0. The monoisotopic (exact) mass is 669 g/mol. The van der Waals surface area contributed by atoms with Gasteiger partial charge in [-0.2, -0.15) is 0 Å². The third-order valence-electron chi connectivity index (χ3n) is 10.0. The molecule has 6 aromatic carbocycles. The van der Waals surface area contributed by atoms with Crippen molar-refractivity contribution in [3.63, 3.8) is 0 Å². The molecule has 2 heterocycles. The highest BCUT2D eigenvalue weighted by molar-refractivity contribution is 6.15. The van der Waals surface area contributed by atoms with Crippen molar-refractivity contribution in [3.05, 3.63) is 192 Å². The Labute approximate surface area is 303 Å². The van der Waals surface area contributed by atoms with Gasteiger partial charge in [0, 0.05) is 34.1 Å². The highest BCUT2D eigenvalue weighted by Gasteiger charge is 2.36. The normalized spacial score (nSPS) is 14.4. The lowest BCUT2D eigenvalue weighted by atomic mass is 9.81. The van der Waals surface area contributed by atoms with Gasteiger partial charge in [-0.3, -0.25) is 0 Å². The third-order valence-corrected chi connectivity index (χ3v) is 10.0. The summed E-state index contributed by atoms with van der Waals surface area (Å²) in [7, 11) is 0. The quantitative estimate of drug-likeness (QED) is 0.177. The number of amidine groups is 1. The third kappa shape index (κ3) is 5.76. The highest BCUT2D eigenvalue weighted by Crippen LogP contribution is 2.50. The Balaban J connectivity index is 1.11. The van der Waals surface area contributed by atoms with Crippen LogP contribution in [0.4, 0.5) is 0 Å². The average molecular weight is 670 g/mol. The van der Waals surface area contributed by atoms with E-state index in [-0.39, 0.29) is 5.41 Å². The number of aliphatic imine (C=N–C) groups is 2. The van der Waals surface area contributed by atoms with E-state index >= 15 is 0 Å². The van der Waals surface area contributed by atoms with E-state index in [9.17, 15) is 0 Å². The zero-order chi connectivity index (χ0) is 35.1. The van der Waals surface area contributed by atoms with E-state index in [4.69, 9.17) is 24.9 Å². The van der Waals surface area contributed by atoms with E-state index in [0.29, 0.717) is 23.9 Å².